The molecule has 3 rings (SSSR count). The molecule has 0 aromatic heterocycles. The number of piperazine rings is 1. The monoisotopic (exact) mass is 266 g/mol. The summed E-state index contributed by atoms with van der Waals surface area (Å²) < 4.78 is 5.52. The number of nitrogens with zero attached hydrogens (tertiary/aromatic N) is 1. The summed E-state index contributed by atoms with van der Waals surface area (Å²) in [6.07, 6.45) is 0. The van der Waals surface area contributed by atoms with Crippen LogP contribution in [0.2, 0.25) is 5.02 Å². The van der Waals surface area contributed by atoms with E-state index >= 15 is 0 Å². The number of nitrogens with one attached hydrogen (secondary N) is 1. The summed E-state index contributed by atoms with van der Waals surface area (Å²) in [5.41, 5.74) is 1.28. The summed E-state index contributed by atoms with van der Waals surface area (Å²) in [5.74, 6) is 0. The second-order valence-corrected chi connectivity index (χ2v) is 5.80. The maximum Gasteiger partial charge on any atom is 0.0601 e. The zero-order chi connectivity index (χ0) is 12.6. The highest BCUT2D eigenvalue weighted by molar-refractivity contribution is 6.31. The molecular formula is C14H19ClN2O. The van der Waals surface area contributed by atoms with Gasteiger partial charge in [-0.25, -0.2) is 0 Å². The summed E-state index contributed by atoms with van der Waals surface area (Å²) >= 11 is 6.38. The lowest BCUT2D eigenvalue weighted by Crippen LogP contribution is -2.66. The first-order valence-electron chi connectivity index (χ1n) is 6.47. The molecule has 18 heavy (non-hydrogen) atoms. The summed E-state index contributed by atoms with van der Waals surface area (Å²) in [6.45, 7) is 4.72. The largest absolute Gasteiger partial charge is 0.379 e. The highest BCUT2D eigenvalue weighted by atomic mass is 35.5. The van der Waals surface area contributed by atoms with Gasteiger partial charge in [0.05, 0.1) is 18.6 Å². The summed E-state index contributed by atoms with van der Waals surface area (Å²) in [6, 6.07) is 8.59. The zero-order valence-corrected chi connectivity index (χ0v) is 11.4. The predicted octanol–water partition coefficient (Wildman–Crippen LogP) is 1.51. The lowest BCUT2D eigenvalue weighted by molar-refractivity contribution is -0.0864. The van der Waals surface area contributed by atoms with Crippen LogP contribution < -0.4 is 5.32 Å². The van der Waals surface area contributed by atoms with Crippen molar-refractivity contribution in [1.82, 2.24) is 10.2 Å². The molecule has 2 heterocycles. The molecule has 1 aromatic rings. The number of hydrogen-bond donors (Lipinski definition) is 1. The van der Waals surface area contributed by atoms with Crippen molar-refractivity contribution in [2.45, 2.75) is 11.5 Å². The molecule has 2 aliphatic rings. The van der Waals surface area contributed by atoms with E-state index in [2.05, 4.69) is 29.4 Å². The van der Waals surface area contributed by atoms with E-state index in [1.54, 1.807) is 0 Å². The number of benzene rings is 1. The van der Waals surface area contributed by atoms with Gasteiger partial charge in [0.25, 0.3) is 0 Å². The SMILES string of the molecule is CN1CCNC(C2(c3ccccc3Cl)COC2)C1. The lowest BCUT2D eigenvalue weighted by atomic mass is 9.71. The van der Waals surface area contributed by atoms with Gasteiger partial charge in [-0.05, 0) is 18.7 Å². The molecule has 1 unspecified atom stereocenters. The number of hydrogen-bond acceptors (Lipinski definition) is 3. The van der Waals surface area contributed by atoms with E-state index in [-0.39, 0.29) is 5.41 Å². The van der Waals surface area contributed by atoms with Crippen molar-refractivity contribution in [2.24, 2.45) is 0 Å². The van der Waals surface area contributed by atoms with E-state index in [9.17, 15) is 0 Å². The van der Waals surface area contributed by atoms with Gasteiger partial charge in [0, 0.05) is 30.7 Å². The fourth-order valence-corrected chi connectivity index (χ4v) is 3.32. The second-order valence-electron chi connectivity index (χ2n) is 5.40. The van der Waals surface area contributed by atoms with Gasteiger partial charge in [-0.3, -0.25) is 0 Å². The lowest BCUT2D eigenvalue weighted by Gasteiger charge is -2.50. The van der Waals surface area contributed by atoms with Gasteiger partial charge in [-0.2, -0.15) is 0 Å². The Labute approximate surface area is 113 Å². The molecule has 0 radical (unpaired) electrons. The van der Waals surface area contributed by atoms with E-state index in [1.165, 1.54) is 5.56 Å². The van der Waals surface area contributed by atoms with E-state index < -0.39 is 0 Å². The molecule has 0 amide bonds. The van der Waals surface area contributed by atoms with Crippen LogP contribution in [0, 0.1) is 0 Å². The Morgan fingerprint density at radius 3 is 2.78 bits per heavy atom. The minimum absolute atomic E-state index is 0.0486. The van der Waals surface area contributed by atoms with Crippen molar-refractivity contribution in [3.05, 3.63) is 34.9 Å². The molecule has 0 saturated carbocycles. The van der Waals surface area contributed by atoms with E-state index in [1.807, 2.05) is 12.1 Å². The van der Waals surface area contributed by atoms with Crippen LogP contribution in [0.3, 0.4) is 0 Å². The van der Waals surface area contributed by atoms with Crippen LogP contribution in [0.25, 0.3) is 0 Å². The van der Waals surface area contributed by atoms with Gasteiger partial charge in [-0.1, -0.05) is 29.8 Å². The van der Waals surface area contributed by atoms with Crippen molar-refractivity contribution in [1.29, 1.82) is 0 Å². The van der Waals surface area contributed by atoms with Crippen molar-refractivity contribution < 1.29 is 4.74 Å². The third kappa shape index (κ3) is 1.95. The van der Waals surface area contributed by atoms with Crippen LogP contribution >= 0.6 is 11.6 Å². The molecular weight excluding hydrogens is 248 g/mol. The van der Waals surface area contributed by atoms with Gasteiger partial charge >= 0.3 is 0 Å². The first-order valence-corrected chi connectivity index (χ1v) is 6.85. The van der Waals surface area contributed by atoms with Gasteiger partial charge < -0.3 is 15.0 Å². The zero-order valence-electron chi connectivity index (χ0n) is 10.7. The highest BCUT2D eigenvalue weighted by Gasteiger charge is 2.48. The smallest absolute Gasteiger partial charge is 0.0601 e. The molecule has 0 spiro atoms. The minimum atomic E-state index is 0.0486. The first kappa shape index (κ1) is 12.4. The second kappa shape index (κ2) is 4.82. The van der Waals surface area contributed by atoms with E-state index in [0.29, 0.717) is 6.04 Å². The fraction of sp³-hybridized carbons (Fsp3) is 0.571. The topological polar surface area (TPSA) is 24.5 Å². The summed E-state index contributed by atoms with van der Waals surface area (Å²) in [4.78, 5) is 2.37. The Morgan fingerprint density at radius 1 is 1.39 bits per heavy atom. The number of ether oxygens (including phenoxy) is 1. The van der Waals surface area contributed by atoms with Crippen LogP contribution in [0.5, 0.6) is 0 Å². The summed E-state index contributed by atoms with van der Waals surface area (Å²) in [7, 11) is 2.17. The van der Waals surface area contributed by atoms with Gasteiger partial charge in [-0.15, -0.1) is 0 Å². The highest BCUT2D eigenvalue weighted by Crippen LogP contribution is 2.40. The van der Waals surface area contributed by atoms with E-state index in [0.717, 1.165) is 37.9 Å². The molecule has 1 N–H and O–H groups in total. The molecule has 0 aliphatic carbocycles. The van der Waals surface area contributed by atoms with Crippen LogP contribution in [0.4, 0.5) is 0 Å². The minimum Gasteiger partial charge on any atom is -0.379 e. The van der Waals surface area contributed by atoms with Crippen molar-refractivity contribution in [3.8, 4) is 0 Å². The van der Waals surface area contributed by atoms with Gasteiger partial charge in [0.1, 0.15) is 0 Å². The molecule has 1 aromatic carbocycles. The predicted molar refractivity (Wildman–Crippen MR) is 73.2 cm³/mol. The van der Waals surface area contributed by atoms with Gasteiger partial charge in [0.15, 0.2) is 0 Å². The third-order valence-electron chi connectivity index (χ3n) is 4.18. The molecule has 0 bridgehead atoms. The molecule has 1 atom stereocenters. The Kier molecular flexibility index (Phi) is 3.32. The molecule has 3 nitrogen and oxygen atoms in total. The van der Waals surface area contributed by atoms with Gasteiger partial charge in [0.2, 0.25) is 0 Å². The Hall–Kier alpha value is -0.610. The summed E-state index contributed by atoms with van der Waals surface area (Å²) in [5, 5.41) is 4.49. The average molecular weight is 267 g/mol. The number of rotatable bonds is 2. The number of halogens is 1. The maximum absolute atomic E-state index is 6.38. The van der Waals surface area contributed by atoms with E-state index in [4.69, 9.17) is 16.3 Å². The van der Waals surface area contributed by atoms with Crippen LogP contribution in [-0.2, 0) is 10.2 Å². The standard InChI is InChI=1S/C14H19ClN2O/c1-17-7-6-16-13(8-17)14(9-18-10-14)11-4-2-3-5-12(11)15/h2-5,13,16H,6-10H2,1H3. The average Bonchev–Trinajstić information content (AvgIpc) is 2.30. The van der Waals surface area contributed by atoms with Crippen molar-refractivity contribution in [3.63, 3.8) is 0 Å². The van der Waals surface area contributed by atoms with Crippen molar-refractivity contribution >= 4 is 11.6 Å². The van der Waals surface area contributed by atoms with Crippen molar-refractivity contribution in [2.75, 3.05) is 39.9 Å². The molecule has 4 heteroatoms. The molecule has 98 valence electrons. The fourth-order valence-electron chi connectivity index (χ4n) is 3.00. The molecule has 2 saturated heterocycles. The third-order valence-corrected chi connectivity index (χ3v) is 4.50. The van der Waals surface area contributed by atoms with Crippen LogP contribution in [-0.4, -0.2) is 50.8 Å². The molecule has 2 fully saturated rings. The van der Waals surface area contributed by atoms with Crippen LogP contribution in [0.15, 0.2) is 24.3 Å². The number of likely N-dealkylation sites (N-methyl/N-ethyl adjacent to an activating group) is 1. The Balaban J connectivity index is 1.92. The first-order chi connectivity index (χ1) is 8.72. The molecule has 2 aliphatic heterocycles. The Morgan fingerprint density at radius 2 is 2.17 bits per heavy atom. The Bertz CT molecular complexity index is 434. The maximum atomic E-state index is 6.38. The normalized spacial score (nSPS) is 27.8. The quantitative estimate of drug-likeness (QED) is 0.878. The van der Waals surface area contributed by atoms with Crippen LogP contribution in [0.1, 0.15) is 5.56 Å².